The van der Waals surface area contributed by atoms with Crippen LogP contribution in [0.25, 0.3) is 0 Å². The number of hydrogen-bond donors (Lipinski definition) is 3. The summed E-state index contributed by atoms with van der Waals surface area (Å²) in [4.78, 5) is 29.5. The first kappa shape index (κ1) is 13.9. The van der Waals surface area contributed by atoms with Crippen LogP contribution in [0.15, 0.2) is 11.6 Å². The van der Waals surface area contributed by atoms with Gasteiger partial charge in [0.25, 0.3) is 0 Å². The standard InChI is InChI=1S/C11H17N5O2S/c1-12-10(18)8-6-13-2-4-16(8)7-9(17)15-11-14-3-5-19-11/h3,5,8,13H,2,4,6-7H2,1H3,(H,12,18)(H,14,15,17). The van der Waals surface area contributed by atoms with E-state index in [1.165, 1.54) is 11.3 Å². The van der Waals surface area contributed by atoms with Crippen molar-refractivity contribution in [1.29, 1.82) is 0 Å². The molecular formula is C11H17N5O2S. The predicted molar refractivity (Wildman–Crippen MR) is 73.0 cm³/mol. The molecule has 7 nitrogen and oxygen atoms in total. The first-order valence-electron chi connectivity index (χ1n) is 6.06. The Bertz CT molecular complexity index is 436. The number of anilines is 1. The fraction of sp³-hybridized carbons (Fsp3) is 0.545. The lowest BCUT2D eigenvalue weighted by Gasteiger charge is -2.34. The van der Waals surface area contributed by atoms with Crippen LogP contribution in [-0.2, 0) is 9.59 Å². The molecule has 2 rings (SSSR count). The van der Waals surface area contributed by atoms with E-state index in [0.717, 1.165) is 6.54 Å². The summed E-state index contributed by atoms with van der Waals surface area (Å²) in [5.74, 6) is -0.222. The van der Waals surface area contributed by atoms with Gasteiger partial charge in [-0.25, -0.2) is 4.98 Å². The molecule has 3 N–H and O–H groups in total. The predicted octanol–water partition coefficient (Wildman–Crippen LogP) is -0.899. The molecule has 1 aromatic rings. The summed E-state index contributed by atoms with van der Waals surface area (Å²) in [7, 11) is 1.60. The van der Waals surface area contributed by atoms with E-state index in [9.17, 15) is 9.59 Å². The van der Waals surface area contributed by atoms with Crippen LogP contribution in [0.2, 0.25) is 0 Å². The van der Waals surface area contributed by atoms with Crippen molar-refractivity contribution < 1.29 is 9.59 Å². The molecule has 1 unspecified atom stereocenters. The Morgan fingerprint density at radius 2 is 2.47 bits per heavy atom. The molecule has 2 heterocycles. The second-order valence-corrected chi connectivity index (χ2v) is 5.08. The molecule has 1 atom stereocenters. The number of likely N-dealkylation sites (N-methyl/N-ethyl adjacent to an activating group) is 1. The van der Waals surface area contributed by atoms with E-state index in [4.69, 9.17) is 0 Å². The highest BCUT2D eigenvalue weighted by Gasteiger charge is 2.29. The molecular weight excluding hydrogens is 266 g/mol. The Kier molecular flexibility index (Phi) is 4.83. The van der Waals surface area contributed by atoms with Gasteiger partial charge < -0.3 is 16.0 Å². The summed E-state index contributed by atoms with van der Waals surface area (Å²) in [5, 5.41) is 10.9. The fourth-order valence-corrected chi connectivity index (χ4v) is 2.53. The molecule has 1 fully saturated rings. The maximum Gasteiger partial charge on any atom is 0.240 e. The minimum absolute atomic E-state index is 0.0748. The number of rotatable bonds is 4. The van der Waals surface area contributed by atoms with Crippen molar-refractivity contribution in [3.63, 3.8) is 0 Å². The SMILES string of the molecule is CNC(=O)C1CNCCN1CC(=O)Nc1nccs1. The Morgan fingerprint density at radius 1 is 1.63 bits per heavy atom. The lowest BCUT2D eigenvalue weighted by atomic mass is 10.1. The van der Waals surface area contributed by atoms with Gasteiger partial charge in [-0.1, -0.05) is 0 Å². The zero-order chi connectivity index (χ0) is 13.7. The minimum atomic E-state index is -0.305. The summed E-state index contributed by atoms with van der Waals surface area (Å²) >= 11 is 1.37. The molecule has 0 radical (unpaired) electrons. The number of piperazine rings is 1. The highest BCUT2D eigenvalue weighted by Crippen LogP contribution is 2.10. The average Bonchev–Trinajstić information content (AvgIpc) is 2.91. The van der Waals surface area contributed by atoms with Crippen LogP contribution in [0, 0.1) is 0 Å². The molecule has 2 amide bonds. The molecule has 1 aromatic heterocycles. The summed E-state index contributed by atoms with van der Waals surface area (Å²) in [5.41, 5.74) is 0. The van der Waals surface area contributed by atoms with Gasteiger partial charge in [-0.2, -0.15) is 0 Å². The van der Waals surface area contributed by atoms with Crippen molar-refractivity contribution in [2.24, 2.45) is 0 Å². The van der Waals surface area contributed by atoms with E-state index in [2.05, 4.69) is 20.9 Å². The highest BCUT2D eigenvalue weighted by atomic mass is 32.1. The van der Waals surface area contributed by atoms with Gasteiger partial charge in [0.15, 0.2) is 5.13 Å². The first-order valence-corrected chi connectivity index (χ1v) is 6.94. The first-order chi connectivity index (χ1) is 9.20. The Balaban J connectivity index is 1.91. The van der Waals surface area contributed by atoms with Crippen LogP contribution in [-0.4, -0.2) is 61.0 Å². The van der Waals surface area contributed by atoms with Crippen LogP contribution >= 0.6 is 11.3 Å². The number of amides is 2. The average molecular weight is 283 g/mol. The Hall–Kier alpha value is -1.51. The van der Waals surface area contributed by atoms with Crippen LogP contribution < -0.4 is 16.0 Å². The number of carbonyl (C=O) groups is 2. The van der Waals surface area contributed by atoms with Crippen LogP contribution in [0.1, 0.15) is 0 Å². The highest BCUT2D eigenvalue weighted by molar-refractivity contribution is 7.13. The van der Waals surface area contributed by atoms with Crippen molar-refractivity contribution >= 4 is 28.3 Å². The third-order valence-electron chi connectivity index (χ3n) is 2.93. The van der Waals surface area contributed by atoms with Gasteiger partial charge in [0.1, 0.15) is 6.04 Å². The molecule has 0 bridgehead atoms. The number of nitrogens with zero attached hydrogens (tertiary/aromatic N) is 2. The molecule has 1 aliphatic rings. The quantitative estimate of drug-likeness (QED) is 0.667. The van der Waals surface area contributed by atoms with Crippen molar-refractivity contribution in [2.75, 3.05) is 38.5 Å². The number of aromatic nitrogens is 1. The molecule has 0 aliphatic carbocycles. The molecule has 1 aliphatic heterocycles. The van der Waals surface area contributed by atoms with Crippen LogP contribution in [0.5, 0.6) is 0 Å². The van der Waals surface area contributed by atoms with E-state index in [0.29, 0.717) is 18.2 Å². The maximum absolute atomic E-state index is 11.9. The van der Waals surface area contributed by atoms with Crippen molar-refractivity contribution in [3.05, 3.63) is 11.6 Å². The molecule has 0 saturated carbocycles. The van der Waals surface area contributed by atoms with E-state index < -0.39 is 0 Å². The topological polar surface area (TPSA) is 86.4 Å². The van der Waals surface area contributed by atoms with E-state index >= 15 is 0 Å². The fourth-order valence-electron chi connectivity index (χ4n) is 1.99. The zero-order valence-corrected chi connectivity index (χ0v) is 11.5. The maximum atomic E-state index is 11.9. The molecule has 104 valence electrons. The van der Waals surface area contributed by atoms with Gasteiger partial charge in [0.2, 0.25) is 11.8 Å². The van der Waals surface area contributed by atoms with E-state index in [-0.39, 0.29) is 24.4 Å². The molecule has 0 spiro atoms. The lowest BCUT2D eigenvalue weighted by Crippen LogP contribution is -2.58. The van der Waals surface area contributed by atoms with E-state index in [1.54, 1.807) is 18.6 Å². The van der Waals surface area contributed by atoms with Gasteiger partial charge in [-0.3, -0.25) is 14.5 Å². The monoisotopic (exact) mass is 283 g/mol. The van der Waals surface area contributed by atoms with Crippen molar-refractivity contribution in [1.82, 2.24) is 20.5 Å². The zero-order valence-electron chi connectivity index (χ0n) is 10.7. The van der Waals surface area contributed by atoms with Gasteiger partial charge >= 0.3 is 0 Å². The van der Waals surface area contributed by atoms with Gasteiger partial charge in [0.05, 0.1) is 6.54 Å². The number of hydrogen-bond acceptors (Lipinski definition) is 6. The second-order valence-electron chi connectivity index (χ2n) is 4.19. The van der Waals surface area contributed by atoms with Crippen molar-refractivity contribution in [3.8, 4) is 0 Å². The van der Waals surface area contributed by atoms with Crippen molar-refractivity contribution in [2.45, 2.75) is 6.04 Å². The minimum Gasteiger partial charge on any atom is -0.358 e. The largest absolute Gasteiger partial charge is 0.358 e. The Morgan fingerprint density at radius 3 is 3.16 bits per heavy atom. The van der Waals surface area contributed by atoms with Crippen LogP contribution in [0.4, 0.5) is 5.13 Å². The summed E-state index contributed by atoms with van der Waals surface area (Å²) < 4.78 is 0. The normalized spacial score (nSPS) is 19.9. The van der Waals surface area contributed by atoms with Gasteiger partial charge in [-0.15, -0.1) is 11.3 Å². The summed E-state index contributed by atoms with van der Waals surface area (Å²) in [6, 6.07) is -0.305. The van der Waals surface area contributed by atoms with E-state index in [1.807, 2.05) is 4.90 Å². The summed E-state index contributed by atoms with van der Waals surface area (Å²) in [6.07, 6.45) is 1.64. The molecule has 19 heavy (non-hydrogen) atoms. The van der Waals surface area contributed by atoms with Gasteiger partial charge in [-0.05, 0) is 0 Å². The number of thiazole rings is 1. The number of carbonyl (C=O) groups excluding carboxylic acids is 2. The third-order valence-corrected chi connectivity index (χ3v) is 3.62. The molecule has 1 saturated heterocycles. The third kappa shape index (κ3) is 3.72. The molecule has 0 aromatic carbocycles. The second kappa shape index (κ2) is 6.60. The molecule has 8 heteroatoms. The Labute approximate surface area is 115 Å². The summed E-state index contributed by atoms with van der Waals surface area (Å²) in [6.45, 7) is 2.20. The van der Waals surface area contributed by atoms with Crippen LogP contribution in [0.3, 0.4) is 0 Å². The number of nitrogens with one attached hydrogen (secondary N) is 3. The lowest BCUT2D eigenvalue weighted by molar-refractivity contribution is -0.128. The smallest absolute Gasteiger partial charge is 0.240 e. The van der Waals surface area contributed by atoms with Gasteiger partial charge in [0, 0.05) is 38.3 Å².